The third kappa shape index (κ3) is 2.20. The topological polar surface area (TPSA) is 75.9 Å². The van der Waals surface area contributed by atoms with Crippen molar-refractivity contribution in [2.24, 2.45) is 17.2 Å². The van der Waals surface area contributed by atoms with Gasteiger partial charge in [0.15, 0.2) is 0 Å². The molecule has 0 aromatic carbocycles. The van der Waals surface area contributed by atoms with E-state index in [0.29, 0.717) is 11.2 Å². The van der Waals surface area contributed by atoms with Crippen LogP contribution in [0.4, 0.5) is 11.6 Å². The molecule has 1 heterocycles. The fourth-order valence-corrected chi connectivity index (χ4v) is 2.58. The first-order valence-electron chi connectivity index (χ1n) is 6.28. The first kappa shape index (κ1) is 10.8. The van der Waals surface area contributed by atoms with Crippen molar-refractivity contribution in [2.75, 3.05) is 17.3 Å². The fourth-order valence-electron chi connectivity index (χ4n) is 2.58. The Balaban J connectivity index is 1.66. The Morgan fingerprint density at radius 1 is 1.35 bits per heavy atom. The minimum atomic E-state index is 0.579. The smallest absolute Gasteiger partial charge is 0.145 e. The molecule has 2 saturated carbocycles. The van der Waals surface area contributed by atoms with Gasteiger partial charge in [0, 0.05) is 12.6 Å². The average molecular weight is 233 g/mol. The first-order chi connectivity index (χ1) is 8.22. The number of nitrogens with zero attached hydrogens (tertiary/aromatic N) is 2. The second kappa shape index (κ2) is 3.84. The monoisotopic (exact) mass is 233 g/mol. The molecule has 0 spiro atoms. The van der Waals surface area contributed by atoms with Gasteiger partial charge in [0.05, 0.1) is 0 Å². The minimum absolute atomic E-state index is 0.579. The molecule has 92 valence electrons. The molecule has 0 unspecified atom stereocenters. The highest BCUT2D eigenvalue weighted by Crippen LogP contribution is 2.61. The van der Waals surface area contributed by atoms with Crippen LogP contribution in [0.3, 0.4) is 0 Å². The summed E-state index contributed by atoms with van der Waals surface area (Å²) in [7, 11) is 0. The maximum absolute atomic E-state index is 5.37. The molecular weight excluding hydrogens is 214 g/mol. The van der Waals surface area contributed by atoms with E-state index >= 15 is 0 Å². The van der Waals surface area contributed by atoms with Crippen molar-refractivity contribution >= 4 is 11.6 Å². The van der Waals surface area contributed by atoms with E-state index in [0.717, 1.165) is 24.1 Å². The zero-order valence-corrected chi connectivity index (χ0v) is 10.2. The van der Waals surface area contributed by atoms with Gasteiger partial charge in [0.1, 0.15) is 17.5 Å². The Bertz CT molecular complexity index is 423. The van der Waals surface area contributed by atoms with Crippen molar-refractivity contribution < 1.29 is 0 Å². The van der Waals surface area contributed by atoms with Crippen molar-refractivity contribution in [2.45, 2.75) is 32.6 Å². The molecule has 0 aliphatic heterocycles. The molecule has 2 aliphatic rings. The third-order valence-corrected chi connectivity index (χ3v) is 3.94. The summed E-state index contributed by atoms with van der Waals surface area (Å²) in [5.41, 5.74) is 3.14. The summed E-state index contributed by atoms with van der Waals surface area (Å²) in [5, 5.41) is 3.44. The quantitative estimate of drug-likeness (QED) is 0.533. The van der Waals surface area contributed by atoms with E-state index in [2.05, 4.69) is 20.7 Å². The lowest BCUT2D eigenvalue weighted by molar-refractivity contribution is 0.466. The van der Waals surface area contributed by atoms with Crippen molar-refractivity contribution in [3.63, 3.8) is 0 Å². The number of hydrazine groups is 1. The van der Waals surface area contributed by atoms with Gasteiger partial charge in [0.2, 0.25) is 0 Å². The van der Waals surface area contributed by atoms with Crippen LogP contribution in [0.5, 0.6) is 0 Å². The molecule has 0 radical (unpaired) electrons. The zero-order chi connectivity index (χ0) is 11.9. The number of anilines is 2. The number of nitrogen functional groups attached to an aromatic ring is 1. The van der Waals surface area contributed by atoms with Gasteiger partial charge in [-0.3, -0.25) is 0 Å². The van der Waals surface area contributed by atoms with Gasteiger partial charge < -0.3 is 10.7 Å². The van der Waals surface area contributed by atoms with Crippen LogP contribution in [0.1, 0.15) is 31.5 Å². The molecule has 1 aromatic heterocycles. The lowest BCUT2D eigenvalue weighted by atomic mass is 10.0. The number of rotatable bonds is 5. The van der Waals surface area contributed by atoms with Crippen LogP contribution in [-0.4, -0.2) is 16.5 Å². The summed E-state index contributed by atoms with van der Waals surface area (Å²) in [4.78, 5) is 8.55. The highest BCUT2D eigenvalue weighted by Gasteiger charge is 2.53. The Morgan fingerprint density at radius 2 is 2.06 bits per heavy atom. The molecular formula is C12H19N5. The SMILES string of the molecule is Cc1nc(NN)cc(NCC2(C3CC3)CC2)n1. The molecule has 3 rings (SSSR count). The lowest BCUT2D eigenvalue weighted by Crippen LogP contribution is -2.19. The number of hydrogen-bond acceptors (Lipinski definition) is 5. The normalized spacial score (nSPS) is 21.1. The molecule has 2 aliphatic carbocycles. The fraction of sp³-hybridized carbons (Fsp3) is 0.667. The molecule has 5 heteroatoms. The van der Waals surface area contributed by atoms with Crippen LogP contribution < -0.4 is 16.6 Å². The highest BCUT2D eigenvalue weighted by molar-refractivity contribution is 5.47. The summed E-state index contributed by atoms with van der Waals surface area (Å²) in [6.07, 6.45) is 5.58. The molecule has 17 heavy (non-hydrogen) atoms. The van der Waals surface area contributed by atoms with Crippen molar-refractivity contribution in [3.8, 4) is 0 Å². The Morgan fingerprint density at radius 3 is 2.65 bits per heavy atom. The van der Waals surface area contributed by atoms with Gasteiger partial charge >= 0.3 is 0 Å². The second-order valence-corrected chi connectivity index (χ2v) is 5.32. The summed E-state index contributed by atoms with van der Waals surface area (Å²) >= 11 is 0. The highest BCUT2D eigenvalue weighted by atomic mass is 15.3. The third-order valence-electron chi connectivity index (χ3n) is 3.94. The van der Waals surface area contributed by atoms with Gasteiger partial charge in [-0.2, -0.15) is 0 Å². The maximum atomic E-state index is 5.37. The standard InChI is InChI=1S/C12H19N5/c1-8-15-10(6-11(16-8)17-13)14-7-12(4-5-12)9-2-3-9/h6,9H,2-5,7,13H2,1H3,(H2,14,15,16,17). The Kier molecular flexibility index (Phi) is 2.43. The van der Waals surface area contributed by atoms with Crippen molar-refractivity contribution in [1.29, 1.82) is 0 Å². The van der Waals surface area contributed by atoms with E-state index in [1.807, 2.05) is 13.0 Å². The largest absolute Gasteiger partial charge is 0.369 e. The summed E-state index contributed by atoms with van der Waals surface area (Å²) in [6.45, 7) is 2.91. The van der Waals surface area contributed by atoms with Gasteiger partial charge in [-0.15, -0.1) is 0 Å². The number of hydrogen-bond donors (Lipinski definition) is 3. The van der Waals surface area contributed by atoms with E-state index < -0.39 is 0 Å². The van der Waals surface area contributed by atoms with Crippen LogP contribution in [0.2, 0.25) is 0 Å². The summed E-state index contributed by atoms with van der Waals surface area (Å²) in [5.74, 6) is 8.61. The predicted octanol–water partition coefficient (Wildman–Crippen LogP) is 1.67. The molecule has 1 aromatic rings. The summed E-state index contributed by atoms with van der Waals surface area (Å²) < 4.78 is 0. The Hall–Kier alpha value is -1.36. The van der Waals surface area contributed by atoms with Crippen LogP contribution in [-0.2, 0) is 0 Å². The lowest BCUT2D eigenvalue weighted by Gasteiger charge is -2.16. The predicted molar refractivity (Wildman–Crippen MR) is 67.5 cm³/mol. The molecule has 2 fully saturated rings. The van der Waals surface area contributed by atoms with Crippen LogP contribution >= 0.6 is 0 Å². The van der Waals surface area contributed by atoms with E-state index in [1.54, 1.807) is 0 Å². The Labute approximate surface area is 101 Å². The van der Waals surface area contributed by atoms with Crippen LogP contribution in [0.25, 0.3) is 0 Å². The number of aromatic nitrogens is 2. The van der Waals surface area contributed by atoms with Gasteiger partial charge in [0.25, 0.3) is 0 Å². The zero-order valence-electron chi connectivity index (χ0n) is 10.2. The van der Waals surface area contributed by atoms with Gasteiger partial charge in [-0.05, 0) is 43.9 Å². The molecule has 4 N–H and O–H groups in total. The van der Waals surface area contributed by atoms with Crippen molar-refractivity contribution in [1.82, 2.24) is 9.97 Å². The maximum Gasteiger partial charge on any atom is 0.145 e. The molecule has 5 nitrogen and oxygen atoms in total. The first-order valence-corrected chi connectivity index (χ1v) is 6.28. The van der Waals surface area contributed by atoms with E-state index in [9.17, 15) is 0 Å². The number of aryl methyl sites for hydroxylation is 1. The van der Waals surface area contributed by atoms with E-state index in [-0.39, 0.29) is 0 Å². The number of nitrogens with two attached hydrogens (primary N) is 1. The van der Waals surface area contributed by atoms with Gasteiger partial charge in [-0.25, -0.2) is 15.8 Å². The van der Waals surface area contributed by atoms with Crippen molar-refractivity contribution in [3.05, 3.63) is 11.9 Å². The van der Waals surface area contributed by atoms with Gasteiger partial charge in [-0.1, -0.05) is 0 Å². The van der Waals surface area contributed by atoms with E-state index in [1.165, 1.54) is 25.7 Å². The van der Waals surface area contributed by atoms with Crippen LogP contribution in [0.15, 0.2) is 6.07 Å². The molecule has 0 saturated heterocycles. The minimum Gasteiger partial charge on any atom is -0.369 e. The second-order valence-electron chi connectivity index (χ2n) is 5.32. The van der Waals surface area contributed by atoms with E-state index in [4.69, 9.17) is 5.84 Å². The summed E-state index contributed by atoms with van der Waals surface area (Å²) in [6, 6.07) is 1.86. The molecule has 0 bridgehead atoms. The van der Waals surface area contributed by atoms with Crippen LogP contribution in [0, 0.1) is 18.3 Å². The molecule has 0 amide bonds. The average Bonchev–Trinajstić information content (AvgIpc) is 3.15. The number of nitrogens with one attached hydrogen (secondary N) is 2. The molecule has 0 atom stereocenters.